The highest BCUT2D eigenvalue weighted by Gasteiger charge is 2.03. The molecular weight excluding hydrogens is 777 g/mol. The Bertz CT molecular complexity index is 848. The van der Waals surface area contributed by atoms with Gasteiger partial charge in [0.2, 0.25) is 0 Å². The Morgan fingerprint density at radius 1 is 0.250 bits per heavy atom. The Morgan fingerprint density at radius 2 is 0.438 bits per heavy atom. The first-order chi connectivity index (χ1) is 31.8. The van der Waals surface area contributed by atoms with Crippen molar-refractivity contribution in [3.8, 4) is 0 Å². The van der Waals surface area contributed by atoms with E-state index in [2.05, 4.69) is 26.0 Å². The van der Waals surface area contributed by atoms with Crippen molar-refractivity contribution in [2.24, 2.45) is 0 Å². The molecule has 0 amide bonds. The Balaban J connectivity index is 3.15. The Morgan fingerprint density at radius 3 is 0.672 bits per heavy atom. The average Bonchev–Trinajstić information content (AvgIpc) is 3.30. The van der Waals surface area contributed by atoms with E-state index >= 15 is 0 Å². The minimum absolute atomic E-state index is 0.0320. The molecule has 0 aliphatic heterocycles. The number of carbonyl (C=O) groups excluding carboxylic acids is 1. The summed E-state index contributed by atoms with van der Waals surface area (Å²) in [5, 5.41) is 0. The smallest absolute Gasteiger partial charge is 0.305 e. The van der Waals surface area contributed by atoms with Gasteiger partial charge in [0.05, 0.1) is 6.61 Å². The van der Waals surface area contributed by atoms with E-state index in [1.165, 1.54) is 340 Å². The second-order valence-electron chi connectivity index (χ2n) is 21.1. The number of unbranched alkanes of at least 4 members (excludes halogenated alkanes) is 52. The van der Waals surface area contributed by atoms with Gasteiger partial charge in [-0.25, -0.2) is 0 Å². The maximum Gasteiger partial charge on any atom is 0.305 e. The molecule has 0 N–H and O–H groups in total. The molecule has 64 heavy (non-hydrogen) atoms. The number of hydrogen-bond donors (Lipinski definition) is 0. The first-order valence-electron chi connectivity index (χ1n) is 30.6. The normalized spacial score (nSPS) is 11.7. The van der Waals surface area contributed by atoms with Gasteiger partial charge in [-0.3, -0.25) is 4.79 Å². The van der Waals surface area contributed by atoms with Gasteiger partial charge in [0, 0.05) is 6.42 Å². The van der Waals surface area contributed by atoms with Gasteiger partial charge in [-0.2, -0.15) is 0 Å². The summed E-state index contributed by atoms with van der Waals surface area (Å²) in [6.07, 6.45) is 82.8. The molecule has 0 aromatic rings. The van der Waals surface area contributed by atoms with Gasteiger partial charge in [0.15, 0.2) is 0 Å². The third-order valence-corrected chi connectivity index (χ3v) is 14.4. The van der Waals surface area contributed by atoms with Crippen molar-refractivity contribution in [2.75, 3.05) is 6.61 Å². The molecule has 0 spiro atoms. The highest BCUT2D eigenvalue weighted by atomic mass is 16.5. The molecule has 0 saturated carbocycles. The number of rotatable bonds is 58. The topological polar surface area (TPSA) is 26.3 Å². The van der Waals surface area contributed by atoms with Crippen LogP contribution in [0.5, 0.6) is 0 Å². The largest absolute Gasteiger partial charge is 0.466 e. The van der Waals surface area contributed by atoms with Gasteiger partial charge >= 0.3 is 5.97 Å². The number of hydrogen-bond acceptors (Lipinski definition) is 2. The number of carbonyl (C=O) groups is 1. The van der Waals surface area contributed by atoms with E-state index in [9.17, 15) is 4.79 Å². The van der Waals surface area contributed by atoms with Crippen molar-refractivity contribution >= 4 is 5.97 Å². The van der Waals surface area contributed by atoms with Crippen LogP contribution in [-0.4, -0.2) is 12.6 Å². The monoisotopic (exact) mass is 899 g/mol. The molecule has 0 radical (unpaired) electrons. The third-order valence-electron chi connectivity index (χ3n) is 14.4. The standard InChI is InChI=1S/C62H122O2/c1-3-5-7-9-11-13-15-17-19-21-23-25-26-27-28-29-30-31-32-33-34-35-36-37-38-39-40-41-42-44-46-48-50-52-54-56-58-60-62(63)64-61-59-57-55-53-51-49-47-45-43-24-22-20-18-16-14-12-10-8-6-4-2/h18,20H,3-17,19,21-61H2,1-2H3/b20-18-. The van der Waals surface area contributed by atoms with Crippen LogP contribution in [0.4, 0.5) is 0 Å². The fourth-order valence-electron chi connectivity index (χ4n) is 9.84. The van der Waals surface area contributed by atoms with Gasteiger partial charge < -0.3 is 4.74 Å². The van der Waals surface area contributed by atoms with E-state index in [1.54, 1.807) is 0 Å². The number of allylic oxidation sites excluding steroid dienone is 2. The molecule has 2 heteroatoms. The predicted octanol–water partition coefficient (Wildman–Crippen LogP) is 23.0. The van der Waals surface area contributed by atoms with E-state index in [0.717, 1.165) is 12.8 Å². The molecule has 0 rings (SSSR count). The van der Waals surface area contributed by atoms with Crippen LogP contribution in [0.1, 0.15) is 373 Å². The maximum absolute atomic E-state index is 12.1. The van der Waals surface area contributed by atoms with Crippen molar-refractivity contribution in [1.82, 2.24) is 0 Å². The van der Waals surface area contributed by atoms with E-state index in [0.29, 0.717) is 13.0 Å². The molecule has 0 bridgehead atoms. The molecule has 0 atom stereocenters. The summed E-state index contributed by atoms with van der Waals surface area (Å²) in [7, 11) is 0. The van der Waals surface area contributed by atoms with Crippen molar-refractivity contribution in [3.63, 3.8) is 0 Å². The van der Waals surface area contributed by atoms with Crippen LogP contribution < -0.4 is 0 Å². The molecule has 0 saturated heterocycles. The summed E-state index contributed by atoms with van der Waals surface area (Å²) in [6.45, 7) is 5.23. The minimum atomic E-state index is 0.0320. The molecule has 0 aromatic carbocycles. The lowest BCUT2D eigenvalue weighted by Gasteiger charge is -2.06. The molecule has 0 aromatic heterocycles. The van der Waals surface area contributed by atoms with E-state index in [-0.39, 0.29) is 5.97 Å². The van der Waals surface area contributed by atoms with Crippen molar-refractivity contribution < 1.29 is 9.53 Å². The maximum atomic E-state index is 12.1. The second kappa shape index (κ2) is 60.2. The summed E-state index contributed by atoms with van der Waals surface area (Å²) in [6, 6.07) is 0. The Labute approximate surface area is 406 Å². The molecule has 0 heterocycles. The fraction of sp³-hybridized carbons (Fsp3) is 0.952. The van der Waals surface area contributed by atoms with Gasteiger partial charge in [-0.1, -0.05) is 341 Å². The quantitative estimate of drug-likeness (QED) is 0.0345. The highest BCUT2D eigenvalue weighted by Crippen LogP contribution is 2.19. The third kappa shape index (κ3) is 59.2. The fourth-order valence-corrected chi connectivity index (χ4v) is 9.84. The van der Waals surface area contributed by atoms with E-state index in [4.69, 9.17) is 4.74 Å². The van der Waals surface area contributed by atoms with E-state index < -0.39 is 0 Å². The Hall–Kier alpha value is -0.790. The van der Waals surface area contributed by atoms with Gasteiger partial charge in [-0.05, 0) is 38.5 Å². The zero-order valence-corrected chi connectivity index (χ0v) is 44.8. The summed E-state index contributed by atoms with van der Waals surface area (Å²) in [5.74, 6) is 0.0320. The first-order valence-corrected chi connectivity index (χ1v) is 30.6. The summed E-state index contributed by atoms with van der Waals surface area (Å²) in [5.41, 5.74) is 0. The molecule has 2 nitrogen and oxygen atoms in total. The van der Waals surface area contributed by atoms with Gasteiger partial charge in [0.25, 0.3) is 0 Å². The summed E-state index contributed by atoms with van der Waals surface area (Å²) in [4.78, 5) is 12.1. The lowest BCUT2D eigenvalue weighted by molar-refractivity contribution is -0.143. The number of esters is 1. The first kappa shape index (κ1) is 63.2. The summed E-state index contributed by atoms with van der Waals surface area (Å²) >= 11 is 0. The molecule has 382 valence electrons. The van der Waals surface area contributed by atoms with Crippen LogP contribution in [-0.2, 0) is 9.53 Å². The van der Waals surface area contributed by atoms with Crippen molar-refractivity contribution in [2.45, 2.75) is 373 Å². The molecular formula is C62H122O2. The zero-order chi connectivity index (χ0) is 46.0. The van der Waals surface area contributed by atoms with Crippen LogP contribution in [0.2, 0.25) is 0 Å². The zero-order valence-electron chi connectivity index (χ0n) is 44.8. The van der Waals surface area contributed by atoms with Crippen LogP contribution in [0.25, 0.3) is 0 Å². The van der Waals surface area contributed by atoms with Crippen LogP contribution >= 0.6 is 0 Å². The predicted molar refractivity (Wildman–Crippen MR) is 290 cm³/mol. The van der Waals surface area contributed by atoms with Crippen LogP contribution in [0, 0.1) is 0 Å². The summed E-state index contributed by atoms with van der Waals surface area (Å²) < 4.78 is 5.51. The Kier molecular flexibility index (Phi) is 59.5. The van der Waals surface area contributed by atoms with Crippen molar-refractivity contribution in [3.05, 3.63) is 12.2 Å². The second-order valence-corrected chi connectivity index (χ2v) is 21.1. The van der Waals surface area contributed by atoms with Crippen LogP contribution in [0.15, 0.2) is 12.2 Å². The van der Waals surface area contributed by atoms with Crippen LogP contribution in [0.3, 0.4) is 0 Å². The minimum Gasteiger partial charge on any atom is -0.466 e. The molecule has 0 aliphatic carbocycles. The number of ether oxygens (including phenoxy) is 1. The molecule has 0 unspecified atom stereocenters. The van der Waals surface area contributed by atoms with Gasteiger partial charge in [0.1, 0.15) is 0 Å². The SMILES string of the molecule is CCCCCCCC/C=C\CCCCCCCCCCCCOC(=O)CCCCCCCCCCCCCCCCCCCCCCCCCCCCCCCCCCCCCCC. The lowest BCUT2D eigenvalue weighted by Crippen LogP contribution is -2.05. The van der Waals surface area contributed by atoms with E-state index in [1.807, 2.05) is 0 Å². The molecule has 0 aliphatic rings. The highest BCUT2D eigenvalue weighted by molar-refractivity contribution is 5.69. The lowest BCUT2D eigenvalue weighted by atomic mass is 10.0. The molecule has 0 fully saturated rings. The van der Waals surface area contributed by atoms with Gasteiger partial charge in [-0.15, -0.1) is 0 Å². The average molecular weight is 900 g/mol. The van der Waals surface area contributed by atoms with Crippen molar-refractivity contribution in [1.29, 1.82) is 0 Å².